The Morgan fingerprint density at radius 1 is 1.08 bits per heavy atom. The van der Waals surface area contributed by atoms with Gasteiger partial charge in [0.15, 0.2) is 0 Å². The van der Waals surface area contributed by atoms with Crippen LogP contribution in [0.5, 0.6) is 0 Å². The molecule has 1 aromatic carbocycles. The van der Waals surface area contributed by atoms with Crippen molar-refractivity contribution in [2.45, 2.75) is 26.6 Å². The average molecular weight is 353 g/mol. The number of benzene rings is 1. The molecule has 1 unspecified atom stereocenters. The molecule has 1 amide bonds. The van der Waals surface area contributed by atoms with Crippen molar-refractivity contribution in [2.24, 2.45) is 5.92 Å². The zero-order valence-corrected chi connectivity index (χ0v) is 14.5. The number of hydrogen-bond donors (Lipinski definition) is 0. The van der Waals surface area contributed by atoms with E-state index in [1.165, 1.54) is 18.5 Å². The van der Waals surface area contributed by atoms with E-state index in [1.807, 2.05) is 19.1 Å². The summed E-state index contributed by atoms with van der Waals surface area (Å²) in [7, 11) is 0. The van der Waals surface area contributed by atoms with E-state index in [-0.39, 0.29) is 17.6 Å². The van der Waals surface area contributed by atoms with Gasteiger partial charge in [-0.25, -0.2) is 9.37 Å². The minimum Gasteiger partial charge on any atom is -0.334 e. The van der Waals surface area contributed by atoms with Gasteiger partial charge in [0.2, 0.25) is 5.91 Å². The van der Waals surface area contributed by atoms with Gasteiger partial charge in [-0.2, -0.15) is 5.10 Å². The maximum absolute atomic E-state index is 13.2. The first-order chi connectivity index (χ1) is 12.6. The first-order valence-corrected chi connectivity index (χ1v) is 8.36. The van der Waals surface area contributed by atoms with Gasteiger partial charge in [0.05, 0.1) is 12.5 Å². The molecular weight excluding hydrogens is 333 g/mol. The highest BCUT2D eigenvalue weighted by atomic mass is 19.1. The smallest absolute Gasteiger partial charge is 0.227 e. The van der Waals surface area contributed by atoms with E-state index >= 15 is 0 Å². The second kappa shape index (κ2) is 8.33. The lowest BCUT2D eigenvalue weighted by Gasteiger charge is -2.26. The molecule has 0 N–H and O–H groups in total. The number of nitrogens with zero attached hydrogens (tertiary/aromatic N) is 5. The quantitative estimate of drug-likeness (QED) is 0.655. The summed E-state index contributed by atoms with van der Waals surface area (Å²) in [5.41, 5.74) is 1.87. The molecule has 1 atom stereocenters. The highest BCUT2D eigenvalue weighted by Crippen LogP contribution is 2.15. The summed E-state index contributed by atoms with van der Waals surface area (Å²) in [5.74, 6) is -0.555. The van der Waals surface area contributed by atoms with Crippen LogP contribution in [-0.2, 0) is 24.4 Å². The average Bonchev–Trinajstić information content (AvgIpc) is 3.16. The topological polar surface area (TPSA) is 63.9 Å². The van der Waals surface area contributed by atoms with Gasteiger partial charge in [0.25, 0.3) is 0 Å². The van der Waals surface area contributed by atoms with Gasteiger partial charge in [0, 0.05) is 25.5 Å². The van der Waals surface area contributed by atoms with E-state index in [0.29, 0.717) is 19.6 Å². The van der Waals surface area contributed by atoms with Crippen LogP contribution in [0.4, 0.5) is 4.39 Å². The van der Waals surface area contributed by atoms with Crippen LogP contribution in [0.2, 0.25) is 0 Å². The van der Waals surface area contributed by atoms with Crippen molar-refractivity contribution in [3.8, 4) is 0 Å². The highest BCUT2D eigenvalue weighted by Gasteiger charge is 2.22. The minimum atomic E-state index is -0.291. The maximum atomic E-state index is 13.2. The monoisotopic (exact) mass is 353 g/mol. The van der Waals surface area contributed by atoms with Gasteiger partial charge < -0.3 is 4.90 Å². The van der Waals surface area contributed by atoms with Crippen LogP contribution in [0.1, 0.15) is 18.1 Å². The summed E-state index contributed by atoms with van der Waals surface area (Å²) in [5, 5.41) is 4.06. The molecule has 7 heteroatoms. The summed E-state index contributed by atoms with van der Waals surface area (Å²) in [6.45, 7) is 3.19. The van der Waals surface area contributed by atoms with E-state index < -0.39 is 0 Å². The Kier molecular flexibility index (Phi) is 5.68. The molecule has 0 spiro atoms. The van der Waals surface area contributed by atoms with Crippen molar-refractivity contribution in [1.82, 2.24) is 24.6 Å². The van der Waals surface area contributed by atoms with Crippen molar-refractivity contribution in [3.05, 3.63) is 78.4 Å². The van der Waals surface area contributed by atoms with Crippen molar-refractivity contribution in [3.63, 3.8) is 0 Å². The Morgan fingerprint density at radius 3 is 2.35 bits per heavy atom. The predicted octanol–water partition coefficient (Wildman–Crippen LogP) is 2.68. The van der Waals surface area contributed by atoms with Crippen LogP contribution >= 0.6 is 0 Å². The first kappa shape index (κ1) is 17.7. The Balaban J connectivity index is 1.76. The van der Waals surface area contributed by atoms with Gasteiger partial charge in [-0.1, -0.05) is 19.1 Å². The van der Waals surface area contributed by atoms with Gasteiger partial charge in [-0.15, -0.1) is 0 Å². The molecule has 0 fully saturated rings. The third kappa shape index (κ3) is 4.72. The second-order valence-electron chi connectivity index (χ2n) is 6.19. The van der Waals surface area contributed by atoms with E-state index in [4.69, 9.17) is 0 Å². The minimum absolute atomic E-state index is 0.00152. The fraction of sp³-hybridized carbons (Fsp3) is 0.263. The third-order valence-corrected chi connectivity index (χ3v) is 4.07. The Bertz CT molecular complexity index is 821. The molecule has 3 aromatic rings. The van der Waals surface area contributed by atoms with Crippen LogP contribution in [0.3, 0.4) is 0 Å². The standard InChI is InChI=1S/C19H20FN5O/c1-15(10-25-14-22-13-23-25)19(26)24(12-17-6-8-21-9-7-17)11-16-2-4-18(20)5-3-16/h2-9,13-15H,10-12H2,1H3. The maximum Gasteiger partial charge on any atom is 0.227 e. The summed E-state index contributed by atoms with van der Waals surface area (Å²) in [4.78, 5) is 22.7. The third-order valence-electron chi connectivity index (χ3n) is 4.07. The van der Waals surface area contributed by atoms with E-state index in [1.54, 1.807) is 40.4 Å². The van der Waals surface area contributed by atoms with Gasteiger partial charge in [-0.3, -0.25) is 14.5 Å². The number of rotatable bonds is 7. The Labute approximate surface area is 151 Å². The predicted molar refractivity (Wildman–Crippen MR) is 94.1 cm³/mol. The molecule has 26 heavy (non-hydrogen) atoms. The van der Waals surface area contributed by atoms with Crippen LogP contribution in [-0.4, -0.2) is 30.6 Å². The van der Waals surface area contributed by atoms with Crippen LogP contribution in [0.25, 0.3) is 0 Å². The van der Waals surface area contributed by atoms with Crippen molar-refractivity contribution >= 4 is 5.91 Å². The number of amides is 1. The molecule has 0 saturated heterocycles. The first-order valence-electron chi connectivity index (χ1n) is 8.36. The lowest BCUT2D eigenvalue weighted by Crippen LogP contribution is -2.36. The number of carbonyl (C=O) groups is 1. The lowest BCUT2D eigenvalue weighted by atomic mass is 10.1. The van der Waals surface area contributed by atoms with Crippen molar-refractivity contribution in [1.29, 1.82) is 0 Å². The molecule has 3 rings (SSSR count). The van der Waals surface area contributed by atoms with E-state index in [2.05, 4.69) is 15.1 Å². The summed E-state index contributed by atoms with van der Waals surface area (Å²) < 4.78 is 14.8. The second-order valence-corrected chi connectivity index (χ2v) is 6.19. The van der Waals surface area contributed by atoms with Gasteiger partial charge >= 0.3 is 0 Å². The fourth-order valence-electron chi connectivity index (χ4n) is 2.73. The number of halogens is 1. The molecule has 0 aliphatic carbocycles. The molecule has 0 radical (unpaired) electrons. The summed E-state index contributed by atoms with van der Waals surface area (Å²) in [6.07, 6.45) is 6.45. The zero-order chi connectivity index (χ0) is 18.4. The molecular formula is C19H20FN5O. The Morgan fingerprint density at radius 2 is 1.73 bits per heavy atom. The van der Waals surface area contributed by atoms with Gasteiger partial charge in [-0.05, 0) is 35.4 Å². The Hall–Kier alpha value is -3.09. The molecule has 0 aliphatic rings. The molecule has 0 saturated carbocycles. The van der Waals surface area contributed by atoms with Crippen molar-refractivity contribution < 1.29 is 9.18 Å². The largest absolute Gasteiger partial charge is 0.334 e. The molecule has 2 aromatic heterocycles. The molecule has 6 nitrogen and oxygen atoms in total. The summed E-state index contributed by atoms with van der Waals surface area (Å²) in [6, 6.07) is 9.97. The number of aromatic nitrogens is 4. The number of pyridine rings is 1. The fourth-order valence-corrected chi connectivity index (χ4v) is 2.73. The van der Waals surface area contributed by atoms with Crippen molar-refractivity contribution in [2.75, 3.05) is 0 Å². The molecule has 0 bridgehead atoms. The molecule has 0 aliphatic heterocycles. The van der Waals surface area contributed by atoms with E-state index in [9.17, 15) is 9.18 Å². The SMILES string of the molecule is CC(Cn1cncn1)C(=O)N(Cc1ccncc1)Cc1ccc(F)cc1. The number of carbonyl (C=O) groups excluding carboxylic acids is 1. The van der Waals surface area contributed by atoms with Crippen LogP contribution in [0, 0.1) is 11.7 Å². The zero-order valence-electron chi connectivity index (χ0n) is 14.5. The van der Waals surface area contributed by atoms with E-state index in [0.717, 1.165) is 11.1 Å². The normalized spacial score (nSPS) is 11.9. The summed E-state index contributed by atoms with van der Waals surface area (Å²) >= 11 is 0. The van der Waals surface area contributed by atoms with Gasteiger partial charge in [0.1, 0.15) is 18.5 Å². The lowest BCUT2D eigenvalue weighted by molar-refractivity contribution is -0.136. The van der Waals surface area contributed by atoms with Crippen LogP contribution in [0.15, 0.2) is 61.4 Å². The van der Waals surface area contributed by atoms with Crippen LogP contribution < -0.4 is 0 Å². The number of hydrogen-bond acceptors (Lipinski definition) is 4. The molecule has 2 heterocycles. The highest BCUT2D eigenvalue weighted by molar-refractivity contribution is 5.78. The molecule has 134 valence electrons.